The third-order valence-corrected chi connectivity index (χ3v) is 4.93. The van der Waals surface area contributed by atoms with Gasteiger partial charge in [-0.3, -0.25) is 0 Å². The van der Waals surface area contributed by atoms with E-state index in [2.05, 4.69) is 33.0 Å². The molecule has 1 fully saturated rings. The molecular formula is C16H33N. The monoisotopic (exact) mass is 239 g/mol. The van der Waals surface area contributed by atoms with Gasteiger partial charge in [-0.15, -0.1) is 0 Å². The Morgan fingerprint density at radius 3 is 2.59 bits per heavy atom. The minimum absolute atomic E-state index is 0.835. The Bertz CT molecular complexity index is 190. The van der Waals surface area contributed by atoms with Gasteiger partial charge < -0.3 is 5.32 Å². The van der Waals surface area contributed by atoms with Crippen LogP contribution in [0, 0.1) is 23.7 Å². The van der Waals surface area contributed by atoms with Gasteiger partial charge >= 0.3 is 0 Å². The van der Waals surface area contributed by atoms with Crippen LogP contribution in [0.2, 0.25) is 0 Å². The van der Waals surface area contributed by atoms with E-state index in [0.29, 0.717) is 0 Å². The van der Waals surface area contributed by atoms with Gasteiger partial charge in [0.2, 0.25) is 0 Å². The third kappa shape index (κ3) is 4.99. The van der Waals surface area contributed by atoms with E-state index in [9.17, 15) is 0 Å². The summed E-state index contributed by atoms with van der Waals surface area (Å²) in [5, 5.41) is 3.58. The maximum Gasteiger partial charge on any atom is -0.00205 e. The molecule has 1 heteroatoms. The lowest BCUT2D eigenvalue weighted by atomic mass is 9.71. The van der Waals surface area contributed by atoms with Crippen molar-refractivity contribution in [3.8, 4) is 0 Å². The minimum atomic E-state index is 0.835. The number of nitrogens with one attached hydrogen (secondary N) is 1. The van der Waals surface area contributed by atoms with Gasteiger partial charge in [-0.05, 0) is 49.6 Å². The zero-order valence-electron chi connectivity index (χ0n) is 12.5. The molecule has 17 heavy (non-hydrogen) atoms. The largest absolute Gasteiger partial charge is 0.316 e. The molecule has 0 saturated heterocycles. The average Bonchev–Trinajstić information content (AvgIpc) is 2.38. The van der Waals surface area contributed by atoms with Crippen molar-refractivity contribution in [1.82, 2.24) is 5.32 Å². The summed E-state index contributed by atoms with van der Waals surface area (Å²) < 4.78 is 0. The van der Waals surface area contributed by atoms with Crippen molar-refractivity contribution in [3.63, 3.8) is 0 Å². The molecule has 0 aliphatic heterocycles. The summed E-state index contributed by atoms with van der Waals surface area (Å²) in [5.74, 6) is 3.75. The van der Waals surface area contributed by atoms with Gasteiger partial charge in [0.15, 0.2) is 0 Å². The molecule has 0 heterocycles. The van der Waals surface area contributed by atoms with E-state index < -0.39 is 0 Å². The fourth-order valence-electron chi connectivity index (χ4n) is 3.34. The van der Waals surface area contributed by atoms with Gasteiger partial charge in [0.25, 0.3) is 0 Å². The van der Waals surface area contributed by atoms with Crippen LogP contribution in [-0.2, 0) is 0 Å². The highest BCUT2D eigenvalue weighted by molar-refractivity contribution is 4.79. The highest BCUT2D eigenvalue weighted by atomic mass is 14.8. The normalized spacial score (nSPS) is 28.9. The van der Waals surface area contributed by atoms with Crippen molar-refractivity contribution >= 4 is 0 Å². The van der Waals surface area contributed by atoms with E-state index in [4.69, 9.17) is 0 Å². The lowest BCUT2D eigenvalue weighted by Crippen LogP contribution is -2.31. The molecule has 0 aromatic heterocycles. The first-order valence-corrected chi connectivity index (χ1v) is 7.89. The van der Waals surface area contributed by atoms with Crippen LogP contribution < -0.4 is 5.32 Å². The van der Waals surface area contributed by atoms with E-state index >= 15 is 0 Å². The summed E-state index contributed by atoms with van der Waals surface area (Å²) in [5.41, 5.74) is 0. The van der Waals surface area contributed by atoms with Crippen LogP contribution in [0.3, 0.4) is 0 Å². The van der Waals surface area contributed by atoms with E-state index in [0.717, 1.165) is 23.7 Å². The Morgan fingerprint density at radius 2 is 1.94 bits per heavy atom. The second-order valence-corrected chi connectivity index (χ2v) is 6.24. The predicted molar refractivity (Wildman–Crippen MR) is 77.2 cm³/mol. The van der Waals surface area contributed by atoms with Crippen molar-refractivity contribution in [2.75, 3.05) is 13.1 Å². The van der Waals surface area contributed by atoms with Gasteiger partial charge in [-0.1, -0.05) is 53.4 Å². The molecule has 1 saturated carbocycles. The number of rotatable bonds is 7. The summed E-state index contributed by atoms with van der Waals surface area (Å²) >= 11 is 0. The first-order chi connectivity index (χ1) is 8.19. The molecule has 4 unspecified atom stereocenters. The topological polar surface area (TPSA) is 12.0 Å². The van der Waals surface area contributed by atoms with Crippen LogP contribution in [0.4, 0.5) is 0 Å². The summed E-state index contributed by atoms with van der Waals surface area (Å²) in [6.07, 6.45) is 8.59. The highest BCUT2D eigenvalue weighted by Gasteiger charge is 2.27. The SMILES string of the molecule is CCCNCC(C)C(C)C1CCCC(CC)C1. The molecule has 102 valence electrons. The zero-order chi connectivity index (χ0) is 12.7. The quantitative estimate of drug-likeness (QED) is 0.646. The van der Waals surface area contributed by atoms with Gasteiger partial charge in [-0.25, -0.2) is 0 Å². The van der Waals surface area contributed by atoms with Crippen molar-refractivity contribution in [1.29, 1.82) is 0 Å². The van der Waals surface area contributed by atoms with Gasteiger partial charge in [0, 0.05) is 0 Å². The lowest BCUT2D eigenvalue weighted by molar-refractivity contribution is 0.160. The molecule has 0 radical (unpaired) electrons. The minimum Gasteiger partial charge on any atom is -0.316 e. The van der Waals surface area contributed by atoms with E-state index in [1.165, 1.54) is 51.6 Å². The Labute approximate surface area is 109 Å². The molecule has 0 aromatic carbocycles. The van der Waals surface area contributed by atoms with Crippen molar-refractivity contribution in [2.45, 2.75) is 66.2 Å². The zero-order valence-corrected chi connectivity index (χ0v) is 12.5. The fraction of sp³-hybridized carbons (Fsp3) is 1.00. The van der Waals surface area contributed by atoms with Crippen LogP contribution in [0.25, 0.3) is 0 Å². The molecule has 4 atom stereocenters. The Morgan fingerprint density at radius 1 is 1.18 bits per heavy atom. The molecule has 0 aromatic rings. The molecule has 1 aliphatic rings. The average molecular weight is 239 g/mol. The molecule has 0 spiro atoms. The molecule has 0 bridgehead atoms. The number of hydrogen-bond donors (Lipinski definition) is 1. The highest BCUT2D eigenvalue weighted by Crippen LogP contribution is 2.37. The molecular weight excluding hydrogens is 206 g/mol. The third-order valence-electron chi connectivity index (χ3n) is 4.93. The van der Waals surface area contributed by atoms with Crippen molar-refractivity contribution in [2.24, 2.45) is 23.7 Å². The molecule has 0 amide bonds. The van der Waals surface area contributed by atoms with E-state index in [-0.39, 0.29) is 0 Å². The molecule has 1 nitrogen and oxygen atoms in total. The van der Waals surface area contributed by atoms with Crippen LogP contribution in [0.15, 0.2) is 0 Å². The van der Waals surface area contributed by atoms with Crippen LogP contribution in [-0.4, -0.2) is 13.1 Å². The summed E-state index contributed by atoms with van der Waals surface area (Å²) in [6, 6.07) is 0. The summed E-state index contributed by atoms with van der Waals surface area (Å²) in [4.78, 5) is 0. The maximum absolute atomic E-state index is 3.58. The second kappa shape index (κ2) is 8.13. The van der Waals surface area contributed by atoms with Gasteiger partial charge in [-0.2, -0.15) is 0 Å². The molecule has 1 rings (SSSR count). The van der Waals surface area contributed by atoms with E-state index in [1.807, 2.05) is 0 Å². The summed E-state index contributed by atoms with van der Waals surface area (Å²) in [6.45, 7) is 11.9. The lowest BCUT2D eigenvalue weighted by Gasteiger charge is -2.35. The number of hydrogen-bond acceptors (Lipinski definition) is 1. The molecule has 1 aliphatic carbocycles. The van der Waals surface area contributed by atoms with Crippen molar-refractivity contribution < 1.29 is 0 Å². The second-order valence-electron chi connectivity index (χ2n) is 6.24. The van der Waals surface area contributed by atoms with Gasteiger partial charge in [0.05, 0.1) is 0 Å². The van der Waals surface area contributed by atoms with E-state index in [1.54, 1.807) is 0 Å². The standard InChI is InChI=1S/C16H33N/c1-5-10-17-12-13(3)14(4)16-9-7-8-15(6-2)11-16/h13-17H,5-12H2,1-4H3. The smallest absolute Gasteiger partial charge is 0.00205 e. The predicted octanol–water partition coefficient (Wildman–Crippen LogP) is 4.47. The van der Waals surface area contributed by atoms with Crippen LogP contribution >= 0.6 is 0 Å². The van der Waals surface area contributed by atoms with Crippen molar-refractivity contribution in [3.05, 3.63) is 0 Å². The van der Waals surface area contributed by atoms with Crippen LogP contribution in [0.1, 0.15) is 66.2 Å². The van der Waals surface area contributed by atoms with Gasteiger partial charge in [0.1, 0.15) is 0 Å². The Balaban J connectivity index is 2.31. The first kappa shape index (κ1) is 15.0. The Hall–Kier alpha value is -0.0400. The van der Waals surface area contributed by atoms with Crippen LogP contribution in [0.5, 0.6) is 0 Å². The molecule has 1 N–H and O–H groups in total. The Kier molecular flexibility index (Phi) is 7.18. The fourth-order valence-corrected chi connectivity index (χ4v) is 3.34. The maximum atomic E-state index is 3.58. The first-order valence-electron chi connectivity index (χ1n) is 7.89. The summed E-state index contributed by atoms with van der Waals surface area (Å²) in [7, 11) is 0.